The molecule has 154 valence electrons. The van der Waals surface area contributed by atoms with Gasteiger partial charge in [0, 0.05) is 11.5 Å². The molecule has 3 heterocycles. The Morgan fingerprint density at radius 1 is 1.36 bits per heavy atom. The van der Waals surface area contributed by atoms with Gasteiger partial charge in [-0.1, -0.05) is 13.3 Å². The number of aliphatic hydroxyl groups is 2. The Labute approximate surface area is 166 Å². The van der Waals surface area contributed by atoms with E-state index in [0.29, 0.717) is 35.7 Å². The first kappa shape index (κ1) is 20.8. The zero-order chi connectivity index (χ0) is 20.1. The number of fused-ring (bicyclic) bond motifs is 1. The lowest BCUT2D eigenvalue weighted by atomic mass is 10.1. The predicted molar refractivity (Wildman–Crippen MR) is 103 cm³/mol. The lowest BCUT2D eigenvalue weighted by molar-refractivity contribution is -0.143. The van der Waals surface area contributed by atoms with Gasteiger partial charge in [-0.25, -0.2) is 15.0 Å². The second kappa shape index (κ2) is 9.50. The molecule has 1 aliphatic rings. The quantitative estimate of drug-likeness (QED) is 0.394. The standard InChI is InChI=1S/C17H25N5O5S/c1-2-3-5-26-11(23)4-6-28-7-10-13(24)14(25)17(27-10)22-9-21-12-15(18)19-8-20-16(12)22/h8-10,13-14,17,24-25H,2-7H2,1H3,(H2,18,19,20)/t10-,13-,14-,17-/m1/s1. The average Bonchev–Trinajstić information content (AvgIpc) is 3.22. The second-order valence-corrected chi connectivity index (χ2v) is 7.68. The van der Waals surface area contributed by atoms with Gasteiger partial charge < -0.3 is 25.4 Å². The molecule has 4 N–H and O–H groups in total. The van der Waals surface area contributed by atoms with Crippen LogP contribution < -0.4 is 5.73 Å². The molecule has 0 amide bonds. The molecule has 0 spiro atoms. The summed E-state index contributed by atoms with van der Waals surface area (Å²) in [6.45, 7) is 2.48. The fraction of sp³-hybridized carbons (Fsp3) is 0.647. The normalized spacial score (nSPS) is 24.7. The first-order chi connectivity index (χ1) is 13.5. The molecule has 0 aliphatic carbocycles. The van der Waals surface area contributed by atoms with E-state index in [0.717, 1.165) is 12.8 Å². The predicted octanol–water partition coefficient (Wildman–Crippen LogP) is 0.494. The van der Waals surface area contributed by atoms with E-state index in [-0.39, 0.29) is 11.8 Å². The van der Waals surface area contributed by atoms with Gasteiger partial charge in [0.1, 0.15) is 24.1 Å². The molecule has 1 aliphatic heterocycles. The molecule has 0 radical (unpaired) electrons. The number of nitrogens with two attached hydrogens (primary N) is 1. The molecule has 4 atom stereocenters. The second-order valence-electron chi connectivity index (χ2n) is 6.53. The van der Waals surface area contributed by atoms with Crippen molar-refractivity contribution in [3.8, 4) is 0 Å². The minimum Gasteiger partial charge on any atom is -0.466 e. The van der Waals surface area contributed by atoms with Crippen LogP contribution in [-0.4, -0.2) is 72.1 Å². The number of nitrogen functional groups attached to an aromatic ring is 1. The number of unbranched alkanes of at least 4 members (excludes halogenated alkanes) is 1. The molecule has 11 heteroatoms. The van der Waals surface area contributed by atoms with Gasteiger partial charge in [0.2, 0.25) is 0 Å². The lowest BCUT2D eigenvalue weighted by Gasteiger charge is -2.16. The van der Waals surface area contributed by atoms with Crippen molar-refractivity contribution in [3.05, 3.63) is 12.7 Å². The van der Waals surface area contributed by atoms with Crippen molar-refractivity contribution >= 4 is 34.7 Å². The molecule has 10 nitrogen and oxygen atoms in total. The number of thioether (sulfide) groups is 1. The van der Waals surface area contributed by atoms with Crippen molar-refractivity contribution in [2.75, 3.05) is 23.8 Å². The maximum absolute atomic E-state index is 11.6. The smallest absolute Gasteiger partial charge is 0.306 e. The third-order valence-electron chi connectivity index (χ3n) is 4.49. The van der Waals surface area contributed by atoms with Gasteiger partial charge in [-0.05, 0) is 6.42 Å². The van der Waals surface area contributed by atoms with Crippen molar-refractivity contribution in [2.45, 2.75) is 50.7 Å². The number of esters is 1. The molecule has 0 bridgehead atoms. The van der Waals surface area contributed by atoms with E-state index in [1.165, 1.54) is 29.0 Å². The number of aliphatic hydroxyl groups excluding tert-OH is 2. The van der Waals surface area contributed by atoms with Gasteiger partial charge in [-0.15, -0.1) is 0 Å². The highest BCUT2D eigenvalue weighted by Crippen LogP contribution is 2.33. The number of carbonyl (C=O) groups excluding carboxylic acids is 1. The van der Waals surface area contributed by atoms with Crippen LogP contribution in [-0.2, 0) is 14.3 Å². The minimum atomic E-state index is -1.14. The maximum Gasteiger partial charge on any atom is 0.306 e. The van der Waals surface area contributed by atoms with E-state index >= 15 is 0 Å². The van der Waals surface area contributed by atoms with Crippen molar-refractivity contribution in [1.29, 1.82) is 0 Å². The lowest BCUT2D eigenvalue weighted by Crippen LogP contribution is -2.32. The molecule has 0 aromatic carbocycles. The van der Waals surface area contributed by atoms with Crippen LogP contribution in [0.15, 0.2) is 12.7 Å². The molecule has 2 aromatic rings. The van der Waals surface area contributed by atoms with Gasteiger partial charge >= 0.3 is 5.97 Å². The largest absolute Gasteiger partial charge is 0.466 e. The zero-order valence-corrected chi connectivity index (χ0v) is 16.4. The summed E-state index contributed by atoms with van der Waals surface area (Å²) in [7, 11) is 0. The topological polar surface area (TPSA) is 146 Å². The molecule has 3 rings (SSSR count). The Hall–Kier alpha value is -1.95. The Morgan fingerprint density at radius 3 is 2.96 bits per heavy atom. The summed E-state index contributed by atoms with van der Waals surface area (Å²) in [6, 6.07) is 0. The fourth-order valence-corrected chi connectivity index (χ4v) is 3.90. The van der Waals surface area contributed by atoms with Crippen LogP contribution in [0, 0.1) is 0 Å². The number of ether oxygens (including phenoxy) is 2. The summed E-state index contributed by atoms with van der Waals surface area (Å²) in [5, 5.41) is 20.7. The number of hydrogen-bond acceptors (Lipinski definition) is 10. The Balaban J connectivity index is 1.53. The third kappa shape index (κ3) is 4.54. The number of rotatable bonds is 9. The monoisotopic (exact) mass is 411 g/mol. The van der Waals surface area contributed by atoms with Gasteiger partial charge in [-0.3, -0.25) is 9.36 Å². The van der Waals surface area contributed by atoms with E-state index in [2.05, 4.69) is 15.0 Å². The number of anilines is 1. The van der Waals surface area contributed by atoms with E-state index < -0.39 is 24.5 Å². The molecule has 0 saturated carbocycles. The minimum absolute atomic E-state index is 0.228. The summed E-state index contributed by atoms with van der Waals surface area (Å²) >= 11 is 1.46. The van der Waals surface area contributed by atoms with Crippen LogP contribution >= 0.6 is 11.8 Å². The van der Waals surface area contributed by atoms with E-state index in [1.54, 1.807) is 0 Å². The summed E-state index contributed by atoms with van der Waals surface area (Å²) in [6.07, 6.45) is 1.28. The Morgan fingerprint density at radius 2 is 2.18 bits per heavy atom. The van der Waals surface area contributed by atoms with Crippen molar-refractivity contribution in [2.24, 2.45) is 0 Å². The molecule has 0 unspecified atom stereocenters. The van der Waals surface area contributed by atoms with E-state index in [1.807, 2.05) is 6.92 Å². The fourth-order valence-electron chi connectivity index (χ4n) is 2.91. The van der Waals surface area contributed by atoms with Gasteiger partial charge in [0.25, 0.3) is 0 Å². The molecular weight excluding hydrogens is 386 g/mol. The SMILES string of the molecule is CCCCOC(=O)CCSC[C@H]1O[C@@H](n2cnc3c(N)ncnc32)[C@H](O)[C@@H]1O. The Bertz CT molecular complexity index is 803. The van der Waals surface area contributed by atoms with Crippen molar-refractivity contribution in [3.63, 3.8) is 0 Å². The van der Waals surface area contributed by atoms with Crippen LogP contribution in [0.25, 0.3) is 11.2 Å². The van der Waals surface area contributed by atoms with Crippen molar-refractivity contribution < 1.29 is 24.5 Å². The maximum atomic E-state index is 11.6. The first-order valence-corrected chi connectivity index (χ1v) is 10.4. The van der Waals surface area contributed by atoms with Gasteiger partial charge in [-0.2, -0.15) is 11.8 Å². The van der Waals surface area contributed by atoms with Gasteiger partial charge in [0.15, 0.2) is 17.7 Å². The average molecular weight is 411 g/mol. The number of nitrogens with zero attached hydrogens (tertiary/aromatic N) is 4. The summed E-state index contributed by atoms with van der Waals surface area (Å²) < 4.78 is 12.5. The molecule has 2 aromatic heterocycles. The third-order valence-corrected chi connectivity index (χ3v) is 5.55. The number of aromatic nitrogens is 4. The molecule has 28 heavy (non-hydrogen) atoms. The highest BCUT2D eigenvalue weighted by Gasteiger charge is 2.44. The van der Waals surface area contributed by atoms with Crippen LogP contribution in [0.2, 0.25) is 0 Å². The Kier molecular flexibility index (Phi) is 7.05. The van der Waals surface area contributed by atoms with Gasteiger partial charge in [0.05, 0.1) is 25.5 Å². The van der Waals surface area contributed by atoms with Crippen LogP contribution in [0.4, 0.5) is 5.82 Å². The number of hydrogen-bond donors (Lipinski definition) is 3. The summed E-state index contributed by atoms with van der Waals surface area (Å²) in [5.74, 6) is 0.986. The van der Waals surface area contributed by atoms with Crippen LogP contribution in [0.3, 0.4) is 0 Å². The summed E-state index contributed by atoms with van der Waals surface area (Å²) in [4.78, 5) is 23.8. The highest BCUT2D eigenvalue weighted by atomic mass is 32.2. The van der Waals surface area contributed by atoms with E-state index in [9.17, 15) is 15.0 Å². The number of carbonyl (C=O) groups is 1. The zero-order valence-electron chi connectivity index (χ0n) is 15.6. The molecule has 1 fully saturated rings. The first-order valence-electron chi connectivity index (χ1n) is 9.21. The van der Waals surface area contributed by atoms with Crippen LogP contribution in [0.5, 0.6) is 0 Å². The van der Waals surface area contributed by atoms with Crippen LogP contribution in [0.1, 0.15) is 32.4 Å². The molecule has 1 saturated heterocycles. The van der Waals surface area contributed by atoms with E-state index in [4.69, 9.17) is 15.2 Å². The van der Waals surface area contributed by atoms with Crippen molar-refractivity contribution in [1.82, 2.24) is 19.5 Å². The molecular formula is C17H25N5O5S. The summed E-state index contributed by atoms with van der Waals surface area (Å²) in [5.41, 5.74) is 6.61. The number of imidazole rings is 1. The highest BCUT2D eigenvalue weighted by molar-refractivity contribution is 7.99.